The molecule has 1 spiro atoms. The summed E-state index contributed by atoms with van der Waals surface area (Å²) in [6.45, 7) is 13.5. The van der Waals surface area contributed by atoms with Gasteiger partial charge in [-0.1, -0.05) is 57.2 Å². The highest BCUT2D eigenvalue weighted by Gasteiger charge is 2.69. The number of ether oxygens (including phenoxy) is 5. The Hall–Kier alpha value is -4.27. The standard InChI is InChI=1S/C40H57NO9.2C2HF3O2/c1-23-16-19-41(20-17-23)18-10-9-13-32(42)47-27(5)35-24(2)21-25(3)40-29(22-31(46-6)39(45)48-35)14-15-30-33(40)34(43)26(4)36(37(30)50-40)49-38(44)28-11-7-8-12-28;2*3-2(4,5)1(6)7/h7-8,11,14-15,21,23-24,26-27,29-31,33-37,43H,9-10,12-13,16-20,22H2,1-6H3;2*(H,6,7)/p-1/b25-21+;;/t24-,26-,27-,29?,30-,31+,33+,34-,35+,36-,37-,40+;;/m1../s1. The molecule has 64 heavy (non-hydrogen) atoms. The number of unbranched alkanes of at least 4 members (excludes halogenated alkanes) is 1. The molecule has 6 aliphatic rings. The number of methoxy groups -OCH3 is 1. The lowest BCUT2D eigenvalue weighted by molar-refractivity contribution is -0.906. The van der Waals surface area contributed by atoms with Gasteiger partial charge < -0.3 is 53.5 Å². The molecule has 2 saturated heterocycles. The zero-order valence-electron chi connectivity index (χ0n) is 36.6. The quantitative estimate of drug-likeness (QED) is 0.106. The van der Waals surface area contributed by atoms with Gasteiger partial charge in [0.05, 0.1) is 25.7 Å². The molecule has 360 valence electrons. The molecule has 2 N–H and O–H groups in total. The van der Waals surface area contributed by atoms with Crippen LogP contribution in [0.3, 0.4) is 0 Å². The van der Waals surface area contributed by atoms with Crippen molar-refractivity contribution in [3.63, 3.8) is 0 Å². The summed E-state index contributed by atoms with van der Waals surface area (Å²) in [7, 11) is 1.49. The molecule has 0 aromatic heterocycles. The van der Waals surface area contributed by atoms with E-state index >= 15 is 0 Å². The van der Waals surface area contributed by atoms with E-state index < -0.39 is 78.5 Å². The first-order valence-corrected chi connectivity index (χ1v) is 21.5. The van der Waals surface area contributed by atoms with Crippen LogP contribution in [-0.2, 0) is 47.7 Å². The number of carbonyl (C=O) groups is 5. The highest BCUT2D eigenvalue weighted by molar-refractivity contribution is 5.90. The third-order valence-corrected chi connectivity index (χ3v) is 13.1. The normalized spacial score (nSPS) is 35.6. The molecule has 0 aromatic rings. The summed E-state index contributed by atoms with van der Waals surface area (Å²) < 4.78 is 94.1. The smallest absolute Gasteiger partial charge is 0.430 e. The summed E-state index contributed by atoms with van der Waals surface area (Å²) in [5, 5.41) is 29.5. The molecule has 0 aromatic carbocycles. The van der Waals surface area contributed by atoms with Crippen LogP contribution in [-0.4, -0.2) is 116 Å². The topological polar surface area (TPSA) is 202 Å². The summed E-state index contributed by atoms with van der Waals surface area (Å²) in [5.41, 5.74) is 0.526. The molecule has 4 bridgehead atoms. The van der Waals surface area contributed by atoms with E-state index in [9.17, 15) is 45.8 Å². The Morgan fingerprint density at radius 3 is 2.16 bits per heavy atom. The number of cyclic esters (lactones) is 1. The number of aliphatic hydroxyl groups is 1. The number of carboxylic acids is 2. The van der Waals surface area contributed by atoms with Crippen LogP contribution in [0.4, 0.5) is 26.3 Å². The summed E-state index contributed by atoms with van der Waals surface area (Å²) in [4.78, 5) is 59.0. The molecule has 3 aliphatic carbocycles. The van der Waals surface area contributed by atoms with Crippen molar-refractivity contribution in [1.29, 1.82) is 0 Å². The number of esters is 3. The number of hydrogen-bond acceptors (Lipinski definition) is 13. The van der Waals surface area contributed by atoms with E-state index in [1.165, 1.54) is 33.0 Å². The Morgan fingerprint density at radius 2 is 1.61 bits per heavy atom. The van der Waals surface area contributed by atoms with E-state index in [0.29, 0.717) is 18.4 Å². The summed E-state index contributed by atoms with van der Waals surface area (Å²) >= 11 is 0. The number of carbonyl (C=O) groups excluding carboxylic acids is 5. The van der Waals surface area contributed by atoms with Gasteiger partial charge in [0.1, 0.15) is 42.0 Å². The molecule has 1 unspecified atom stereocenters. The largest absolute Gasteiger partial charge is 0.542 e. The molecule has 20 heteroatoms. The fourth-order valence-corrected chi connectivity index (χ4v) is 9.68. The number of aliphatic hydroxyl groups excluding tert-OH is 1. The van der Waals surface area contributed by atoms with Crippen LogP contribution in [0.25, 0.3) is 0 Å². The second-order valence-corrected chi connectivity index (χ2v) is 17.5. The van der Waals surface area contributed by atoms with Crippen LogP contribution in [0.15, 0.2) is 47.6 Å². The minimum absolute atomic E-state index is 0.184. The Morgan fingerprint density at radius 1 is 1.00 bits per heavy atom. The van der Waals surface area contributed by atoms with Crippen LogP contribution in [0.5, 0.6) is 0 Å². The number of carboxylic acid groups (broad SMARTS) is 2. The van der Waals surface area contributed by atoms with Gasteiger partial charge in [-0.05, 0) is 63.9 Å². The highest BCUT2D eigenvalue weighted by Crippen LogP contribution is 2.61. The zero-order chi connectivity index (χ0) is 47.9. The molecule has 0 amide bonds. The summed E-state index contributed by atoms with van der Waals surface area (Å²) in [5.74, 6) is -7.94. The summed E-state index contributed by atoms with van der Waals surface area (Å²) in [6.07, 6.45) is 2.41. The fourth-order valence-electron chi connectivity index (χ4n) is 9.68. The molecular weight excluding hydrogens is 864 g/mol. The van der Waals surface area contributed by atoms with Crippen LogP contribution in [0.2, 0.25) is 0 Å². The first-order chi connectivity index (χ1) is 29.8. The molecule has 6 rings (SSSR count). The van der Waals surface area contributed by atoms with Gasteiger partial charge in [-0.15, -0.1) is 0 Å². The van der Waals surface area contributed by atoms with Gasteiger partial charge in [0.15, 0.2) is 6.10 Å². The molecule has 14 nitrogen and oxygen atoms in total. The van der Waals surface area contributed by atoms with Crippen molar-refractivity contribution in [2.75, 3.05) is 26.7 Å². The number of alkyl halides is 6. The molecule has 0 radical (unpaired) electrons. The minimum Gasteiger partial charge on any atom is -0.542 e. The van der Waals surface area contributed by atoms with Crippen LogP contribution in [0.1, 0.15) is 79.6 Å². The highest BCUT2D eigenvalue weighted by atomic mass is 19.4. The monoisotopic (exact) mass is 922 g/mol. The average Bonchev–Trinajstić information content (AvgIpc) is 3.82. The number of piperidine rings is 1. The number of hydrogen-bond donors (Lipinski definition) is 2. The van der Waals surface area contributed by atoms with Gasteiger partial charge in [0.25, 0.3) is 0 Å². The number of rotatable bonds is 10. The Balaban J connectivity index is 0.000000555. The van der Waals surface area contributed by atoms with Gasteiger partial charge in [-0.2, -0.15) is 26.3 Å². The van der Waals surface area contributed by atoms with Crippen molar-refractivity contribution >= 4 is 29.8 Å². The van der Waals surface area contributed by atoms with Crippen molar-refractivity contribution in [2.45, 2.75) is 134 Å². The van der Waals surface area contributed by atoms with Gasteiger partial charge in [-0.25, -0.2) is 9.59 Å². The lowest BCUT2D eigenvalue weighted by Crippen LogP contribution is -3.13. The van der Waals surface area contributed by atoms with E-state index in [0.717, 1.165) is 30.9 Å². The third kappa shape index (κ3) is 12.5. The van der Waals surface area contributed by atoms with Crippen LogP contribution < -0.4 is 15.1 Å². The van der Waals surface area contributed by atoms with Crippen molar-refractivity contribution in [1.82, 2.24) is 0 Å². The van der Waals surface area contributed by atoms with Crippen LogP contribution >= 0.6 is 0 Å². The van der Waals surface area contributed by atoms with Crippen LogP contribution in [0, 0.1) is 35.5 Å². The summed E-state index contributed by atoms with van der Waals surface area (Å²) in [6, 6.07) is 0. The van der Waals surface area contributed by atoms with Crippen molar-refractivity contribution < 1.29 is 94.2 Å². The Labute approximate surface area is 367 Å². The van der Waals surface area contributed by atoms with Gasteiger partial charge >= 0.3 is 30.3 Å². The SMILES string of the molecule is CO[C@H]1CC2C=C[C@H]3[C@H]4O[C@]2(/C(C)=C/[C@@H](C)[C@@H]([C@@H](C)OC(=O)CCCC[NH+]2CCC(C)CC2)OC1=O)[C@@H]3[C@H](O)[C@@H](C)[C@H]4OC(=O)C1=CC=CC1.O=C([O-])C(F)(F)F.O=C([O-])C(F)(F)F. The Kier molecular flexibility index (Phi) is 17.8. The number of aliphatic carboxylic acids is 2. The fraction of sp³-hybridized carbons (Fsp3) is 0.705. The lowest BCUT2D eigenvalue weighted by Gasteiger charge is -2.49. The van der Waals surface area contributed by atoms with Crippen molar-refractivity contribution in [3.05, 3.63) is 47.6 Å². The molecule has 3 fully saturated rings. The third-order valence-electron chi connectivity index (χ3n) is 13.1. The minimum atomic E-state index is -5.19. The van der Waals surface area contributed by atoms with Gasteiger partial charge in [-0.3, -0.25) is 4.79 Å². The molecular formula is C44H58F6NO13-. The molecule has 12 atom stereocenters. The maximum atomic E-state index is 13.7. The number of halogens is 6. The number of nitrogens with one attached hydrogen (secondary N) is 1. The van der Waals surface area contributed by atoms with Gasteiger partial charge in [0, 0.05) is 48.7 Å². The van der Waals surface area contributed by atoms with Crippen molar-refractivity contribution in [2.24, 2.45) is 35.5 Å². The maximum absolute atomic E-state index is 13.7. The van der Waals surface area contributed by atoms with E-state index in [4.69, 9.17) is 43.5 Å². The molecule has 1 saturated carbocycles. The first-order valence-electron chi connectivity index (χ1n) is 21.5. The van der Waals surface area contributed by atoms with Crippen molar-refractivity contribution in [3.8, 4) is 0 Å². The molecule has 3 aliphatic heterocycles. The second kappa shape index (κ2) is 21.8. The predicted molar refractivity (Wildman–Crippen MR) is 208 cm³/mol. The Bertz CT molecular complexity index is 1780. The number of quaternary nitrogens is 1. The lowest BCUT2D eigenvalue weighted by atomic mass is 9.57. The van der Waals surface area contributed by atoms with E-state index in [1.807, 2.05) is 32.9 Å². The molecule has 3 heterocycles. The zero-order valence-corrected chi connectivity index (χ0v) is 36.6. The predicted octanol–water partition coefficient (Wildman–Crippen LogP) is 2.28. The van der Waals surface area contributed by atoms with E-state index in [-0.39, 0.29) is 42.0 Å². The average molecular weight is 923 g/mol. The van der Waals surface area contributed by atoms with E-state index in [1.54, 1.807) is 17.9 Å². The maximum Gasteiger partial charge on any atom is 0.430 e. The first kappa shape index (κ1) is 52.4. The number of likely N-dealkylation sites (tertiary alicyclic amines) is 1. The van der Waals surface area contributed by atoms with E-state index in [2.05, 4.69) is 25.2 Å². The second-order valence-electron chi connectivity index (χ2n) is 17.5. The van der Waals surface area contributed by atoms with Gasteiger partial charge in [0.2, 0.25) is 0 Å². The number of allylic oxidation sites excluding steroid dienone is 3.